The van der Waals surface area contributed by atoms with Crippen molar-refractivity contribution in [2.75, 3.05) is 13.3 Å². The summed E-state index contributed by atoms with van der Waals surface area (Å²) in [6, 6.07) is 15.4. The van der Waals surface area contributed by atoms with Crippen molar-refractivity contribution in [2.45, 2.75) is 18.9 Å². The Morgan fingerprint density at radius 3 is 2.89 bits per heavy atom. The Labute approximate surface area is 170 Å². The highest BCUT2D eigenvalue weighted by molar-refractivity contribution is 9.10. The van der Waals surface area contributed by atoms with E-state index in [4.69, 9.17) is 14.0 Å². The second-order valence-corrected chi connectivity index (χ2v) is 7.77. The zero-order valence-electron chi connectivity index (χ0n) is 14.9. The number of rotatable bonds is 3. The van der Waals surface area contributed by atoms with Crippen LogP contribution in [0.2, 0.25) is 0 Å². The molecule has 0 N–H and O–H groups in total. The molecule has 1 amide bonds. The van der Waals surface area contributed by atoms with Crippen LogP contribution in [0.15, 0.2) is 57.5 Å². The van der Waals surface area contributed by atoms with Gasteiger partial charge in [0.15, 0.2) is 23.0 Å². The highest BCUT2D eigenvalue weighted by Crippen LogP contribution is 2.37. The van der Waals surface area contributed by atoms with Crippen LogP contribution in [0, 0.1) is 0 Å². The zero-order valence-corrected chi connectivity index (χ0v) is 16.5. The van der Waals surface area contributed by atoms with E-state index in [9.17, 15) is 4.79 Å². The average molecular weight is 441 g/mol. The predicted octanol–water partition coefficient (Wildman–Crippen LogP) is 4.81. The molecule has 7 heteroatoms. The van der Waals surface area contributed by atoms with E-state index in [0.29, 0.717) is 29.5 Å². The largest absolute Gasteiger partial charge is 0.454 e. The molecule has 1 saturated heterocycles. The van der Waals surface area contributed by atoms with Crippen LogP contribution < -0.4 is 9.47 Å². The number of benzene rings is 2. The first-order valence-electron chi connectivity index (χ1n) is 9.12. The molecule has 6 nitrogen and oxygen atoms in total. The first kappa shape index (κ1) is 17.3. The van der Waals surface area contributed by atoms with Gasteiger partial charge < -0.3 is 18.9 Å². The third-order valence-corrected chi connectivity index (χ3v) is 5.63. The zero-order chi connectivity index (χ0) is 19.1. The van der Waals surface area contributed by atoms with Crippen molar-refractivity contribution in [2.24, 2.45) is 0 Å². The van der Waals surface area contributed by atoms with Gasteiger partial charge in [-0.05, 0) is 48.7 Å². The van der Waals surface area contributed by atoms with E-state index < -0.39 is 0 Å². The molecule has 2 aliphatic rings. The first-order chi connectivity index (χ1) is 13.7. The van der Waals surface area contributed by atoms with Crippen molar-refractivity contribution in [3.63, 3.8) is 0 Å². The Bertz CT molecular complexity index is 1050. The second-order valence-electron chi connectivity index (χ2n) is 6.86. The molecular formula is C21H17BrN2O4. The van der Waals surface area contributed by atoms with E-state index in [1.165, 1.54) is 0 Å². The highest BCUT2D eigenvalue weighted by Gasteiger charge is 2.32. The summed E-state index contributed by atoms with van der Waals surface area (Å²) >= 11 is 3.51. The van der Waals surface area contributed by atoms with Crippen molar-refractivity contribution in [3.05, 3.63) is 64.3 Å². The number of likely N-dealkylation sites (tertiary alicyclic amines) is 1. The van der Waals surface area contributed by atoms with Crippen LogP contribution in [0.1, 0.15) is 34.9 Å². The van der Waals surface area contributed by atoms with Crippen LogP contribution in [0.4, 0.5) is 0 Å². The summed E-state index contributed by atoms with van der Waals surface area (Å²) in [4.78, 5) is 15.0. The van der Waals surface area contributed by atoms with Crippen LogP contribution in [-0.2, 0) is 0 Å². The molecule has 0 bridgehead atoms. The molecule has 0 aliphatic carbocycles. The van der Waals surface area contributed by atoms with E-state index in [-0.39, 0.29) is 18.7 Å². The monoisotopic (exact) mass is 440 g/mol. The van der Waals surface area contributed by atoms with Crippen molar-refractivity contribution in [1.29, 1.82) is 0 Å². The molecule has 142 valence electrons. The van der Waals surface area contributed by atoms with Crippen LogP contribution in [0.3, 0.4) is 0 Å². The van der Waals surface area contributed by atoms with Gasteiger partial charge in [0.05, 0.1) is 6.04 Å². The van der Waals surface area contributed by atoms with Crippen molar-refractivity contribution in [1.82, 2.24) is 10.1 Å². The van der Waals surface area contributed by atoms with Gasteiger partial charge in [0.2, 0.25) is 6.79 Å². The van der Waals surface area contributed by atoms with Gasteiger partial charge >= 0.3 is 0 Å². The molecule has 2 aromatic carbocycles. The molecular weight excluding hydrogens is 424 g/mol. The van der Waals surface area contributed by atoms with E-state index >= 15 is 0 Å². The van der Waals surface area contributed by atoms with Gasteiger partial charge in [0.25, 0.3) is 5.91 Å². The molecule has 28 heavy (non-hydrogen) atoms. The summed E-state index contributed by atoms with van der Waals surface area (Å²) in [6.45, 7) is 0.924. The van der Waals surface area contributed by atoms with Gasteiger partial charge in [0, 0.05) is 22.6 Å². The molecule has 2 aliphatic heterocycles. The van der Waals surface area contributed by atoms with Crippen molar-refractivity contribution >= 4 is 21.8 Å². The normalized spacial score (nSPS) is 17.9. The number of ether oxygens (including phenoxy) is 2. The van der Waals surface area contributed by atoms with Crippen LogP contribution in [0.5, 0.6) is 11.5 Å². The van der Waals surface area contributed by atoms with Gasteiger partial charge in [-0.1, -0.05) is 33.2 Å². The lowest BCUT2D eigenvalue weighted by atomic mass is 10.0. The van der Waals surface area contributed by atoms with Crippen LogP contribution in [-0.4, -0.2) is 29.3 Å². The van der Waals surface area contributed by atoms with Crippen molar-refractivity contribution in [3.8, 4) is 22.8 Å². The third-order valence-electron chi connectivity index (χ3n) is 5.13. The van der Waals surface area contributed by atoms with Crippen LogP contribution >= 0.6 is 15.9 Å². The average Bonchev–Trinajstić information content (AvgIpc) is 3.47. The lowest BCUT2D eigenvalue weighted by molar-refractivity contribution is 0.0725. The third kappa shape index (κ3) is 3.05. The van der Waals surface area contributed by atoms with Gasteiger partial charge in [-0.15, -0.1) is 0 Å². The number of carbonyl (C=O) groups is 1. The minimum absolute atomic E-state index is 0.0516. The molecule has 3 heterocycles. The standard InChI is InChI=1S/C21H17BrN2O4/c22-15-4-1-3-13(9-15)17-5-2-8-24(17)21(25)16-11-19(28-23-16)14-6-7-18-20(10-14)27-12-26-18/h1,3-4,6-7,9-11,17H,2,5,8,12H2. The molecule has 1 aromatic heterocycles. The fourth-order valence-corrected chi connectivity index (χ4v) is 4.20. The Hall–Kier alpha value is -2.80. The number of hydrogen-bond donors (Lipinski definition) is 0. The smallest absolute Gasteiger partial charge is 0.276 e. The Morgan fingerprint density at radius 2 is 2.00 bits per heavy atom. The summed E-state index contributed by atoms with van der Waals surface area (Å²) in [5.74, 6) is 1.78. The van der Waals surface area contributed by atoms with E-state index in [1.807, 2.05) is 35.2 Å². The lowest BCUT2D eigenvalue weighted by Crippen LogP contribution is -2.30. The number of aromatic nitrogens is 1. The first-order valence-corrected chi connectivity index (χ1v) is 9.91. The van der Waals surface area contributed by atoms with Gasteiger partial charge in [-0.3, -0.25) is 4.79 Å². The molecule has 0 spiro atoms. The molecule has 0 saturated carbocycles. The van der Waals surface area contributed by atoms with E-state index in [1.54, 1.807) is 6.07 Å². The minimum atomic E-state index is -0.113. The number of hydrogen-bond acceptors (Lipinski definition) is 5. The number of nitrogens with zero attached hydrogens (tertiary/aromatic N) is 2. The number of fused-ring (bicyclic) bond motifs is 1. The number of amides is 1. The summed E-state index contributed by atoms with van der Waals surface area (Å²) in [5.41, 5.74) is 2.23. The topological polar surface area (TPSA) is 64.8 Å². The SMILES string of the molecule is O=C(c1cc(-c2ccc3c(c2)OCO3)on1)N1CCCC1c1cccc(Br)c1. The molecule has 1 atom stereocenters. The molecule has 3 aromatic rings. The minimum Gasteiger partial charge on any atom is -0.454 e. The Balaban J connectivity index is 1.40. The number of carbonyl (C=O) groups excluding carboxylic acids is 1. The van der Waals surface area contributed by atoms with E-state index in [2.05, 4.69) is 33.2 Å². The summed E-state index contributed by atoms with van der Waals surface area (Å²) in [5, 5.41) is 4.03. The summed E-state index contributed by atoms with van der Waals surface area (Å²) in [6.07, 6.45) is 1.91. The molecule has 0 radical (unpaired) electrons. The van der Waals surface area contributed by atoms with Gasteiger partial charge in [0.1, 0.15) is 0 Å². The number of halogens is 1. The fraction of sp³-hybridized carbons (Fsp3) is 0.238. The molecule has 1 unspecified atom stereocenters. The molecule has 5 rings (SSSR count). The van der Waals surface area contributed by atoms with E-state index in [0.717, 1.165) is 28.4 Å². The quantitative estimate of drug-likeness (QED) is 0.584. The maximum Gasteiger partial charge on any atom is 0.276 e. The predicted molar refractivity (Wildman–Crippen MR) is 105 cm³/mol. The van der Waals surface area contributed by atoms with Crippen LogP contribution in [0.25, 0.3) is 11.3 Å². The maximum absolute atomic E-state index is 13.1. The second kappa shape index (κ2) is 6.98. The van der Waals surface area contributed by atoms with Gasteiger partial charge in [-0.2, -0.15) is 0 Å². The summed E-state index contributed by atoms with van der Waals surface area (Å²) < 4.78 is 17.2. The fourth-order valence-electron chi connectivity index (χ4n) is 3.78. The maximum atomic E-state index is 13.1. The lowest BCUT2D eigenvalue weighted by Gasteiger charge is -2.24. The van der Waals surface area contributed by atoms with Gasteiger partial charge in [-0.25, -0.2) is 0 Å². The summed E-state index contributed by atoms with van der Waals surface area (Å²) in [7, 11) is 0. The Kier molecular flexibility index (Phi) is 4.31. The molecule has 1 fully saturated rings. The Morgan fingerprint density at radius 1 is 1.11 bits per heavy atom. The highest BCUT2D eigenvalue weighted by atomic mass is 79.9. The van der Waals surface area contributed by atoms with Crippen molar-refractivity contribution < 1.29 is 18.8 Å².